The average molecular weight is 396 g/mol. The molecule has 1 aromatic heterocycles. The number of halogens is 1. The number of anilines is 1. The minimum absolute atomic E-state index is 0.205. The molecular weight excluding hydrogens is 375 g/mol. The van der Waals surface area contributed by atoms with Crippen LogP contribution in [-0.4, -0.2) is 28.7 Å². The van der Waals surface area contributed by atoms with Crippen molar-refractivity contribution in [1.29, 1.82) is 0 Å². The zero-order valence-electron chi connectivity index (χ0n) is 16.6. The van der Waals surface area contributed by atoms with Crippen molar-refractivity contribution in [3.05, 3.63) is 95.3 Å². The quantitative estimate of drug-likeness (QED) is 0.524. The van der Waals surface area contributed by atoms with Gasteiger partial charge in [0.1, 0.15) is 11.6 Å². The van der Waals surface area contributed by atoms with Gasteiger partial charge in [-0.3, -0.25) is 4.90 Å². The molecule has 0 aliphatic carbocycles. The van der Waals surface area contributed by atoms with Crippen LogP contribution in [0, 0.1) is 5.82 Å². The number of likely N-dealkylation sites (N-methyl/N-ethyl adjacent to an activating group) is 1. The number of hydrogen-bond donors (Lipinski definition) is 1. The first-order valence-corrected chi connectivity index (χ1v) is 9.89. The molecular formula is C25H21FN4. The molecule has 0 spiro atoms. The van der Waals surface area contributed by atoms with E-state index in [4.69, 9.17) is 5.73 Å². The highest BCUT2D eigenvalue weighted by Gasteiger charge is 2.19. The molecule has 3 aromatic carbocycles. The van der Waals surface area contributed by atoms with Crippen LogP contribution < -0.4 is 5.73 Å². The molecule has 0 bridgehead atoms. The number of fused-ring (bicyclic) bond motifs is 2. The third-order valence-electron chi connectivity index (χ3n) is 5.55. The number of nitrogens with zero attached hydrogens (tertiary/aromatic N) is 3. The Labute approximate surface area is 174 Å². The summed E-state index contributed by atoms with van der Waals surface area (Å²) in [6.07, 6.45) is 2.11. The number of nitrogens with two attached hydrogens (primary N) is 1. The largest absolute Gasteiger partial charge is 0.382 e. The van der Waals surface area contributed by atoms with Crippen LogP contribution in [0.25, 0.3) is 27.6 Å². The van der Waals surface area contributed by atoms with Crippen molar-refractivity contribution in [3.8, 4) is 11.3 Å². The standard InChI is InChI=1S/C25H21FN4/c1-30-11-10-21(22-13-16-4-2-3-5-17(16)14-23(22)26)20-7-6-18(12-19(20)15-30)24-8-9-25(27)29-28-24/h2-10,12-14H,11,15H2,1H3,(H2,27,29). The fraction of sp³-hybridized carbons (Fsp3) is 0.120. The molecule has 0 saturated carbocycles. The predicted octanol–water partition coefficient (Wildman–Crippen LogP) is 4.90. The van der Waals surface area contributed by atoms with E-state index in [0.29, 0.717) is 11.4 Å². The van der Waals surface area contributed by atoms with Crippen LogP contribution in [0.5, 0.6) is 0 Å². The number of nitrogen functional groups attached to an aromatic ring is 1. The molecule has 4 nitrogen and oxygen atoms in total. The number of rotatable bonds is 2. The molecule has 0 saturated heterocycles. The van der Waals surface area contributed by atoms with Gasteiger partial charge in [0.15, 0.2) is 0 Å². The van der Waals surface area contributed by atoms with Gasteiger partial charge in [-0.15, -0.1) is 10.2 Å². The molecule has 2 N–H and O–H groups in total. The third kappa shape index (κ3) is 3.33. The Morgan fingerprint density at radius 3 is 2.47 bits per heavy atom. The van der Waals surface area contributed by atoms with Crippen LogP contribution in [0.3, 0.4) is 0 Å². The molecule has 1 aliphatic heterocycles. The first kappa shape index (κ1) is 18.5. The first-order valence-electron chi connectivity index (χ1n) is 9.89. The summed E-state index contributed by atoms with van der Waals surface area (Å²) in [5, 5.41) is 10.1. The molecule has 148 valence electrons. The summed E-state index contributed by atoms with van der Waals surface area (Å²) in [5.74, 6) is 0.189. The van der Waals surface area contributed by atoms with Gasteiger partial charge in [-0.05, 0) is 64.9 Å². The summed E-state index contributed by atoms with van der Waals surface area (Å²) >= 11 is 0. The summed E-state index contributed by atoms with van der Waals surface area (Å²) in [6.45, 7) is 1.51. The van der Waals surface area contributed by atoms with Gasteiger partial charge in [-0.25, -0.2) is 4.39 Å². The second-order valence-electron chi connectivity index (χ2n) is 7.71. The van der Waals surface area contributed by atoms with E-state index < -0.39 is 0 Å². The second-order valence-corrected chi connectivity index (χ2v) is 7.71. The lowest BCUT2D eigenvalue weighted by Crippen LogP contribution is -2.16. The number of aromatic nitrogens is 2. The van der Waals surface area contributed by atoms with Crippen molar-refractivity contribution in [1.82, 2.24) is 15.1 Å². The smallest absolute Gasteiger partial charge is 0.146 e. The molecule has 0 amide bonds. The molecule has 0 fully saturated rings. The Hall–Kier alpha value is -3.57. The van der Waals surface area contributed by atoms with Gasteiger partial charge in [-0.1, -0.05) is 42.5 Å². The van der Waals surface area contributed by atoms with E-state index in [1.807, 2.05) is 42.5 Å². The van der Waals surface area contributed by atoms with Gasteiger partial charge < -0.3 is 5.73 Å². The Morgan fingerprint density at radius 2 is 1.70 bits per heavy atom. The number of benzene rings is 3. The maximum absolute atomic E-state index is 15.1. The molecule has 0 unspecified atom stereocenters. The SMILES string of the molecule is CN1CC=C(c2cc3ccccc3cc2F)c2ccc(-c3ccc(N)nn3)cc2C1. The fourth-order valence-corrected chi connectivity index (χ4v) is 4.03. The van der Waals surface area contributed by atoms with E-state index in [1.54, 1.807) is 12.1 Å². The van der Waals surface area contributed by atoms with Gasteiger partial charge in [0.2, 0.25) is 0 Å². The molecule has 1 aliphatic rings. The van der Waals surface area contributed by atoms with Gasteiger partial charge in [-0.2, -0.15) is 0 Å². The Kier molecular flexibility index (Phi) is 4.52. The average Bonchev–Trinajstić information content (AvgIpc) is 2.91. The van der Waals surface area contributed by atoms with Gasteiger partial charge in [0.25, 0.3) is 0 Å². The summed E-state index contributed by atoms with van der Waals surface area (Å²) in [5.41, 5.74) is 11.1. The Morgan fingerprint density at radius 1 is 0.900 bits per heavy atom. The minimum atomic E-state index is -0.205. The van der Waals surface area contributed by atoms with Crippen LogP contribution in [0.1, 0.15) is 16.7 Å². The maximum atomic E-state index is 15.1. The summed E-state index contributed by atoms with van der Waals surface area (Å²) in [7, 11) is 2.07. The van der Waals surface area contributed by atoms with Crippen molar-refractivity contribution in [2.24, 2.45) is 0 Å². The molecule has 2 heterocycles. The van der Waals surface area contributed by atoms with Crippen LogP contribution in [0.2, 0.25) is 0 Å². The van der Waals surface area contributed by atoms with Crippen LogP contribution >= 0.6 is 0 Å². The van der Waals surface area contributed by atoms with E-state index in [-0.39, 0.29) is 5.82 Å². The number of hydrogen-bond acceptors (Lipinski definition) is 4. The minimum Gasteiger partial charge on any atom is -0.382 e. The van der Waals surface area contributed by atoms with E-state index in [1.165, 1.54) is 0 Å². The van der Waals surface area contributed by atoms with E-state index >= 15 is 4.39 Å². The second kappa shape index (κ2) is 7.35. The zero-order valence-corrected chi connectivity index (χ0v) is 16.6. The lowest BCUT2D eigenvalue weighted by molar-refractivity contribution is 0.366. The summed E-state index contributed by atoms with van der Waals surface area (Å²) in [6, 6.07) is 21.2. The third-order valence-corrected chi connectivity index (χ3v) is 5.55. The van der Waals surface area contributed by atoms with Crippen molar-refractivity contribution in [2.45, 2.75) is 6.54 Å². The fourth-order valence-electron chi connectivity index (χ4n) is 4.03. The van der Waals surface area contributed by atoms with E-state index in [2.05, 4.69) is 40.4 Å². The van der Waals surface area contributed by atoms with Crippen molar-refractivity contribution >= 4 is 22.2 Å². The maximum Gasteiger partial charge on any atom is 0.146 e. The highest BCUT2D eigenvalue weighted by molar-refractivity contribution is 5.91. The lowest BCUT2D eigenvalue weighted by Gasteiger charge is -2.16. The van der Waals surface area contributed by atoms with Gasteiger partial charge in [0.05, 0.1) is 5.69 Å². The van der Waals surface area contributed by atoms with Gasteiger partial charge >= 0.3 is 0 Å². The molecule has 5 rings (SSSR count). The predicted molar refractivity (Wildman–Crippen MR) is 119 cm³/mol. The van der Waals surface area contributed by atoms with Crippen molar-refractivity contribution < 1.29 is 4.39 Å². The van der Waals surface area contributed by atoms with Crippen LogP contribution in [0.15, 0.2) is 72.8 Å². The Bertz CT molecular complexity index is 1280. The molecule has 0 atom stereocenters. The monoisotopic (exact) mass is 396 g/mol. The topological polar surface area (TPSA) is 55.0 Å². The van der Waals surface area contributed by atoms with Crippen LogP contribution in [0.4, 0.5) is 10.2 Å². The normalized spacial score (nSPS) is 14.3. The van der Waals surface area contributed by atoms with Crippen molar-refractivity contribution in [3.63, 3.8) is 0 Å². The summed E-state index contributed by atoms with van der Waals surface area (Å²) in [4.78, 5) is 2.21. The van der Waals surface area contributed by atoms with E-state index in [9.17, 15) is 0 Å². The first-order chi connectivity index (χ1) is 14.6. The Balaban J connectivity index is 1.65. The van der Waals surface area contributed by atoms with Gasteiger partial charge in [0, 0.05) is 24.2 Å². The molecule has 0 radical (unpaired) electrons. The van der Waals surface area contributed by atoms with E-state index in [0.717, 1.165) is 51.8 Å². The summed E-state index contributed by atoms with van der Waals surface area (Å²) < 4.78 is 15.1. The highest BCUT2D eigenvalue weighted by atomic mass is 19.1. The molecule has 4 aromatic rings. The lowest BCUT2D eigenvalue weighted by atomic mass is 9.91. The highest BCUT2D eigenvalue weighted by Crippen LogP contribution is 2.35. The molecule has 30 heavy (non-hydrogen) atoms. The zero-order chi connectivity index (χ0) is 20.7. The van der Waals surface area contributed by atoms with Crippen LogP contribution in [-0.2, 0) is 6.54 Å². The molecule has 5 heteroatoms. The van der Waals surface area contributed by atoms with Crippen molar-refractivity contribution in [2.75, 3.05) is 19.3 Å².